The zero-order valence-corrected chi connectivity index (χ0v) is 12.2. The summed E-state index contributed by atoms with van der Waals surface area (Å²) >= 11 is 0. The van der Waals surface area contributed by atoms with Crippen LogP contribution < -0.4 is 5.32 Å². The molecule has 0 heterocycles. The monoisotopic (exact) mass is 275 g/mol. The molecular formula is C16H21NO3. The summed E-state index contributed by atoms with van der Waals surface area (Å²) in [6.07, 6.45) is 4.17. The smallest absolute Gasteiger partial charge is 0.337 e. The number of benzene rings is 1. The van der Waals surface area contributed by atoms with Crippen molar-refractivity contribution < 1.29 is 14.3 Å². The van der Waals surface area contributed by atoms with Crippen LogP contribution in [0.5, 0.6) is 0 Å². The maximum Gasteiger partial charge on any atom is 0.337 e. The number of amides is 1. The van der Waals surface area contributed by atoms with Crippen molar-refractivity contribution in [3.05, 3.63) is 41.5 Å². The van der Waals surface area contributed by atoms with Crippen LogP contribution in [-0.2, 0) is 9.53 Å². The van der Waals surface area contributed by atoms with Gasteiger partial charge in [0.05, 0.1) is 12.7 Å². The van der Waals surface area contributed by atoms with Gasteiger partial charge in [-0.15, -0.1) is 0 Å². The molecule has 0 aliphatic heterocycles. The lowest BCUT2D eigenvalue weighted by Gasteiger charge is -2.04. The Morgan fingerprint density at radius 2 is 1.90 bits per heavy atom. The SMILES string of the molecule is COC(=O)c1ccc(/C=C/C(=O)NCCC(C)C)cc1. The Bertz CT molecular complexity index is 475. The van der Waals surface area contributed by atoms with E-state index in [1.165, 1.54) is 13.2 Å². The van der Waals surface area contributed by atoms with E-state index in [1.54, 1.807) is 30.3 Å². The molecule has 1 rings (SSSR count). The van der Waals surface area contributed by atoms with E-state index < -0.39 is 0 Å². The van der Waals surface area contributed by atoms with Crippen LogP contribution in [0.1, 0.15) is 36.2 Å². The van der Waals surface area contributed by atoms with Gasteiger partial charge in [0.25, 0.3) is 0 Å². The number of esters is 1. The zero-order chi connectivity index (χ0) is 15.0. The molecule has 1 amide bonds. The number of carbonyl (C=O) groups excluding carboxylic acids is 2. The Balaban J connectivity index is 2.49. The van der Waals surface area contributed by atoms with Gasteiger partial charge in [0, 0.05) is 12.6 Å². The Morgan fingerprint density at radius 1 is 1.25 bits per heavy atom. The number of ether oxygens (including phenoxy) is 1. The van der Waals surface area contributed by atoms with Crippen molar-refractivity contribution in [1.29, 1.82) is 0 Å². The predicted octanol–water partition coefficient (Wildman–Crippen LogP) is 2.65. The van der Waals surface area contributed by atoms with Crippen LogP contribution in [0.3, 0.4) is 0 Å². The molecule has 0 atom stereocenters. The molecule has 0 aromatic heterocycles. The van der Waals surface area contributed by atoms with Crippen LogP contribution >= 0.6 is 0 Å². The van der Waals surface area contributed by atoms with Gasteiger partial charge < -0.3 is 10.1 Å². The summed E-state index contributed by atoms with van der Waals surface area (Å²) in [6.45, 7) is 4.91. The standard InChI is InChI=1S/C16H21NO3/c1-12(2)10-11-17-15(18)9-6-13-4-7-14(8-5-13)16(19)20-3/h4-9,12H,10-11H2,1-3H3,(H,17,18)/b9-6+. The van der Waals surface area contributed by atoms with Gasteiger partial charge in [0.2, 0.25) is 5.91 Å². The third kappa shape index (κ3) is 5.69. The molecule has 108 valence electrons. The van der Waals surface area contributed by atoms with Crippen molar-refractivity contribution in [1.82, 2.24) is 5.32 Å². The minimum absolute atomic E-state index is 0.109. The maximum absolute atomic E-state index is 11.5. The highest BCUT2D eigenvalue weighted by atomic mass is 16.5. The van der Waals surface area contributed by atoms with Crippen LogP contribution in [0.2, 0.25) is 0 Å². The summed E-state index contributed by atoms with van der Waals surface area (Å²) in [7, 11) is 1.34. The molecule has 0 bridgehead atoms. The number of nitrogens with one attached hydrogen (secondary N) is 1. The minimum Gasteiger partial charge on any atom is -0.465 e. The van der Waals surface area contributed by atoms with E-state index in [4.69, 9.17) is 0 Å². The van der Waals surface area contributed by atoms with Crippen molar-refractivity contribution >= 4 is 18.0 Å². The number of methoxy groups -OCH3 is 1. The van der Waals surface area contributed by atoms with Gasteiger partial charge in [-0.1, -0.05) is 26.0 Å². The quantitative estimate of drug-likeness (QED) is 0.641. The second-order valence-corrected chi connectivity index (χ2v) is 4.92. The second kappa shape index (κ2) is 8.15. The van der Waals surface area contributed by atoms with Crippen LogP contribution in [0, 0.1) is 5.92 Å². The van der Waals surface area contributed by atoms with E-state index >= 15 is 0 Å². The van der Waals surface area contributed by atoms with E-state index in [9.17, 15) is 9.59 Å². The predicted molar refractivity (Wildman–Crippen MR) is 79.3 cm³/mol. The zero-order valence-electron chi connectivity index (χ0n) is 12.2. The number of hydrogen-bond donors (Lipinski definition) is 1. The van der Waals surface area contributed by atoms with Crippen molar-refractivity contribution in [2.24, 2.45) is 5.92 Å². The molecule has 1 aromatic carbocycles. The van der Waals surface area contributed by atoms with Crippen molar-refractivity contribution in [2.45, 2.75) is 20.3 Å². The average Bonchev–Trinajstić information content (AvgIpc) is 2.44. The third-order valence-corrected chi connectivity index (χ3v) is 2.78. The lowest BCUT2D eigenvalue weighted by molar-refractivity contribution is -0.116. The van der Waals surface area contributed by atoms with E-state index in [1.807, 2.05) is 0 Å². The highest BCUT2D eigenvalue weighted by molar-refractivity contribution is 5.92. The molecule has 0 unspecified atom stereocenters. The first-order chi connectivity index (χ1) is 9.52. The summed E-state index contributed by atoms with van der Waals surface area (Å²) < 4.78 is 4.62. The molecule has 4 heteroatoms. The minimum atomic E-state index is -0.369. The first kappa shape index (κ1) is 16.0. The molecule has 0 saturated carbocycles. The fourth-order valence-corrected chi connectivity index (χ4v) is 1.56. The third-order valence-electron chi connectivity index (χ3n) is 2.78. The van der Waals surface area contributed by atoms with Gasteiger partial charge in [-0.3, -0.25) is 4.79 Å². The normalized spacial score (nSPS) is 10.8. The first-order valence-corrected chi connectivity index (χ1v) is 6.67. The molecule has 1 aromatic rings. The first-order valence-electron chi connectivity index (χ1n) is 6.67. The molecular weight excluding hydrogens is 254 g/mol. The average molecular weight is 275 g/mol. The molecule has 0 aliphatic carbocycles. The fourth-order valence-electron chi connectivity index (χ4n) is 1.56. The second-order valence-electron chi connectivity index (χ2n) is 4.92. The van der Waals surface area contributed by atoms with E-state index in [-0.39, 0.29) is 11.9 Å². The molecule has 0 spiro atoms. The molecule has 4 nitrogen and oxygen atoms in total. The fraction of sp³-hybridized carbons (Fsp3) is 0.375. The van der Waals surface area contributed by atoms with Crippen molar-refractivity contribution in [2.75, 3.05) is 13.7 Å². The molecule has 0 fully saturated rings. The van der Waals surface area contributed by atoms with Crippen LogP contribution in [0.4, 0.5) is 0 Å². The summed E-state index contributed by atoms with van der Waals surface area (Å²) in [5, 5.41) is 2.82. The summed E-state index contributed by atoms with van der Waals surface area (Å²) in [4.78, 5) is 22.8. The van der Waals surface area contributed by atoms with Crippen molar-refractivity contribution in [3.8, 4) is 0 Å². The van der Waals surface area contributed by atoms with Gasteiger partial charge in [-0.25, -0.2) is 4.79 Å². The van der Waals surface area contributed by atoms with Gasteiger partial charge >= 0.3 is 5.97 Å². The summed E-state index contributed by atoms with van der Waals surface area (Å²) in [6, 6.07) is 6.87. The topological polar surface area (TPSA) is 55.4 Å². The van der Waals surface area contributed by atoms with Gasteiger partial charge in [-0.2, -0.15) is 0 Å². The largest absolute Gasteiger partial charge is 0.465 e. The van der Waals surface area contributed by atoms with Gasteiger partial charge in [0.15, 0.2) is 0 Å². The highest BCUT2D eigenvalue weighted by Gasteiger charge is 2.03. The summed E-state index contributed by atoms with van der Waals surface area (Å²) in [5.41, 5.74) is 1.35. The van der Waals surface area contributed by atoms with Gasteiger partial charge in [-0.05, 0) is 36.1 Å². The molecule has 0 aliphatic rings. The number of carbonyl (C=O) groups is 2. The van der Waals surface area contributed by atoms with Crippen LogP contribution in [0.15, 0.2) is 30.3 Å². The van der Waals surface area contributed by atoms with Crippen molar-refractivity contribution in [3.63, 3.8) is 0 Å². The Morgan fingerprint density at radius 3 is 2.45 bits per heavy atom. The maximum atomic E-state index is 11.5. The van der Waals surface area contributed by atoms with E-state index in [0.29, 0.717) is 18.0 Å². The Kier molecular flexibility index (Phi) is 6.50. The molecule has 1 N–H and O–H groups in total. The molecule has 0 radical (unpaired) electrons. The van der Waals surface area contributed by atoms with E-state index in [0.717, 1.165) is 12.0 Å². The van der Waals surface area contributed by atoms with Crippen LogP contribution in [0.25, 0.3) is 6.08 Å². The Labute approximate surface area is 119 Å². The molecule has 0 saturated heterocycles. The Hall–Kier alpha value is -2.10. The van der Waals surface area contributed by atoms with Crippen LogP contribution in [-0.4, -0.2) is 25.5 Å². The van der Waals surface area contributed by atoms with E-state index in [2.05, 4.69) is 23.9 Å². The molecule has 20 heavy (non-hydrogen) atoms. The summed E-state index contributed by atoms with van der Waals surface area (Å²) in [5.74, 6) is 0.0970. The highest BCUT2D eigenvalue weighted by Crippen LogP contribution is 2.07. The number of hydrogen-bond acceptors (Lipinski definition) is 3. The lowest BCUT2D eigenvalue weighted by Crippen LogP contribution is -2.23. The van der Waals surface area contributed by atoms with Gasteiger partial charge in [0.1, 0.15) is 0 Å². The number of rotatable bonds is 6. The lowest BCUT2D eigenvalue weighted by atomic mass is 10.1.